The van der Waals surface area contributed by atoms with E-state index in [2.05, 4.69) is 79.2 Å². The number of aromatic hydroxyl groups is 1. The molecule has 34 heavy (non-hydrogen) atoms. The van der Waals surface area contributed by atoms with E-state index in [0.29, 0.717) is 0 Å². The summed E-state index contributed by atoms with van der Waals surface area (Å²) in [5.74, 6) is 0.996. The first kappa shape index (κ1) is 22.1. The minimum absolute atomic E-state index is 0.246. The Morgan fingerprint density at radius 1 is 0.824 bits per heavy atom. The number of pyridine rings is 1. The predicted octanol–water partition coefficient (Wildman–Crippen LogP) is 6.53. The molecule has 170 valence electrons. The van der Waals surface area contributed by atoms with Crippen molar-refractivity contribution in [3.05, 3.63) is 84.6 Å². The van der Waals surface area contributed by atoms with Crippen LogP contribution in [0.15, 0.2) is 79.0 Å². The highest BCUT2D eigenvalue weighted by Crippen LogP contribution is 2.35. The third-order valence-corrected chi connectivity index (χ3v) is 8.44. The van der Waals surface area contributed by atoms with Crippen LogP contribution in [0, 0.1) is 6.92 Å². The molecule has 0 aliphatic carbocycles. The van der Waals surface area contributed by atoms with E-state index in [1.807, 2.05) is 36.9 Å². The van der Waals surface area contributed by atoms with Gasteiger partial charge in [0.2, 0.25) is 0 Å². The van der Waals surface area contributed by atoms with Gasteiger partial charge in [-0.05, 0) is 54.4 Å². The molecule has 0 spiro atoms. The first-order chi connectivity index (χ1) is 16.2. The van der Waals surface area contributed by atoms with E-state index in [1.54, 1.807) is 6.07 Å². The monoisotopic (exact) mass is 463 g/mol. The van der Waals surface area contributed by atoms with Crippen LogP contribution in [-0.2, 0) is 7.05 Å². The molecular formula is C29H29N3OSi. The van der Waals surface area contributed by atoms with Gasteiger partial charge in [-0.15, -0.1) is 0 Å². The minimum Gasteiger partial charge on any atom is -0.507 e. The highest BCUT2D eigenvalue weighted by Gasteiger charge is 2.18. The van der Waals surface area contributed by atoms with Crippen LogP contribution >= 0.6 is 0 Å². The minimum atomic E-state index is -1.43. The number of imidazole rings is 1. The Morgan fingerprint density at radius 2 is 1.59 bits per heavy atom. The molecule has 0 saturated carbocycles. The number of aryl methyl sites for hydroxylation is 2. The second-order valence-corrected chi connectivity index (χ2v) is 15.0. The molecule has 0 aliphatic rings. The molecule has 0 fully saturated rings. The van der Waals surface area contributed by atoms with Crippen molar-refractivity contribution in [1.29, 1.82) is 0 Å². The molecule has 3 aromatic carbocycles. The van der Waals surface area contributed by atoms with Crippen LogP contribution in [0.5, 0.6) is 5.75 Å². The van der Waals surface area contributed by atoms with E-state index in [9.17, 15) is 5.11 Å². The van der Waals surface area contributed by atoms with Crippen molar-refractivity contribution < 1.29 is 5.11 Å². The maximum absolute atomic E-state index is 10.6. The molecule has 2 aromatic heterocycles. The number of hydrogen-bond acceptors (Lipinski definition) is 3. The van der Waals surface area contributed by atoms with Crippen LogP contribution in [0.25, 0.3) is 44.8 Å². The number of benzene rings is 3. The summed E-state index contributed by atoms with van der Waals surface area (Å²) in [4.78, 5) is 9.66. The Morgan fingerprint density at radius 3 is 2.35 bits per heavy atom. The lowest BCUT2D eigenvalue weighted by atomic mass is 10.0. The SMILES string of the molecule is Cc1ccc(-c2nc3c(-c4cccc(-c5cc([Si](C)(C)C)ccn5)c4)cccc3n2C)c(O)c1. The Bertz CT molecular complexity index is 1530. The van der Waals surface area contributed by atoms with E-state index in [0.717, 1.165) is 50.4 Å². The Labute approximate surface area is 201 Å². The summed E-state index contributed by atoms with van der Waals surface area (Å²) >= 11 is 0. The predicted molar refractivity (Wildman–Crippen MR) is 144 cm³/mol. The van der Waals surface area contributed by atoms with Gasteiger partial charge in [-0.25, -0.2) is 4.98 Å². The number of phenols is 1. The van der Waals surface area contributed by atoms with Crippen molar-refractivity contribution in [3.8, 4) is 39.5 Å². The fourth-order valence-electron chi connectivity index (χ4n) is 4.42. The van der Waals surface area contributed by atoms with Gasteiger partial charge in [0.25, 0.3) is 0 Å². The molecule has 0 saturated heterocycles. The van der Waals surface area contributed by atoms with Crippen molar-refractivity contribution >= 4 is 24.3 Å². The normalized spacial score (nSPS) is 11.8. The quantitative estimate of drug-likeness (QED) is 0.308. The fourth-order valence-corrected chi connectivity index (χ4v) is 5.56. The number of phenolic OH excluding ortho intramolecular Hbond substituents is 1. The van der Waals surface area contributed by atoms with E-state index >= 15 is 0 Å². The van der Waals surface area contributed by atoms with Crippen molar-refractivity contribution in [1.82, 2.24) is 14.5 Å². The van der Waals surface area contributed by atoms with Gasteiger partial charge in [0, 0.05) is 24.4 Å². The molecule has 2 heterocycles. The summed E-state index contributed by atoms with van der Waals surface area (Å²) in [6.45, 7) is 9.03. The average molecular weight is 464 g/mol. The van der Waals surface area contributed by atoms with E-state index in [4.69, 9.17) is 4.98 Å². The molecule has 4 nitrogen and oxygen atoms in total. The molecular weight excluding hydrogens is 434 g/mol. The number of para-hydroxylation sites is 1. The van der Waals surface area contributed by atoms with E-state index in [-0.39, 0.29) is 5.75 Å². The second kappa shape index (κ2) is 8.26. The van der Waals surface area contributed by atoms with Gasteiger partial charge in [-0.1, -0.05) is 61.2 Å². The first-order valence-corrected chi connectivity index (χ1v) is 15.0. The molecule has 5 aromatic rings. The summed E-state index contributed by atoms with van der Waals surface area (Å²) in [7, 11) is 0.567. The first-order valence-electron chi connectivity index (χ1n) is 11.5. The third-order valence-electron chi connectivity index (χ3n) is 6.40. The molecule has 0 atom stereocenters. The van der Waals surface area contributed by atoms with Crippen LogP contribution in [-0.4, -0.2) is 27.7 Å². The summed E-state index contributed by atoms with van der Waals surface area (Å²) in [5, 5.41) is 12.0. The van der Waals surface area contributed by atoms with Crippen LogP contribution < -0.4 is 5.19 Å². The smallest absolute Gasteiger partial charge is 0.144 e. The van der Waals surface area contributed by atoms with Gasteiger partial charge < -0.3 is 9.67 Å². The summed E-state index contributed by atoms with van der Waals surface area (Å²) in [6, 6.07) is 24.9. The fraction of sp³-hybridized carbons (Fsp3) is 0.172. The number of nitrogens with zero attached hydrogens (tertiary/aromatic N) is 3. The van der Waals surface area contributed by atoms with Crippen molar-refractivity contribution in [2.75, 3.05) is 0 Å². The zero-order valence-electron chi connectivity index (χ0n) is 20.3. The lowest BCUT2D eigenvalue weighted by Crippen LogP contribution is -2.37. The summed E-state index contributed by atoms with van der Waals surface area (Å²) in [6.07, 6.45) is 1.93. The van der Waals surface area contributed by atoms with Crippen LogP contribution in [0.1, 0.15) is 5.56 Å². The molecule has 0 radical (unpaired) electrons. The molecule has 1 N–H and O–H groups in total. The number of hydrogen-bond donors (Lipinski definition) is 1. The Balaban J connectivity index is 1.64. The zero-order valence-corrected chi connectivity index (χ0v) is 21.3. The number of fused-ring (bicyclic) bond motifs is 1. The maximum atomic E-state index is 10.6. The number of aromatic nitrogens is 3. The largest absolute Gasteiger partial charge is 0.507 e. The molecule has 5 rings (SSSR count). The van der Waals surface area contributed by atoms with Gasteiger partial charge >= 0.3 is 0 Å². The Kier molecular flexibility index (Phi) is 5.37. The lowest BCUT2D eigenvalue weighted by Gasteiger charge is -2.17. The summed E-state index contributed by atoms with van der Waals surface area (Å²) in [5.41, 5.74) is 7.95. The van der Waals surface area contributed by atoms with Crippen molar-refractivity contribution in [2.24, 2.45) is 7.05 Å². The summed E-state index contributed by atoms with van der Waals surface area (Å²) < 4.78 is 2.05. The van der Waals surface area contributed by atoms with Crippen molar-refractivity contribution in [2.45, 2.75) is 26.6 Å². The van der Waals surface area contributed by atoms with Crippen LogP contribution in [0.2, 0.25) is 19.6 Å². The van der Waals surface area contributed by atoms with Gasteiger partial charge in [-0.2, -0.15) is 0 Å². The number of rotatable bonds is 4. The molecule has 5 heteroatoms. The highest BCUT2D eigenvalue weighted by molar-refractivity contribution is 6.88. The van der Waals surface area contributed by atoms with E-state index in [1.165, 1.54) is 5.19 Å². The lowest BCUT2D eigenvalue weighted by molar-refractivity contribution is 0.476. The topological polar surface area (TPSA) is 50.9 Å². The highest BCUT2D eigenvalue weighted by atomic mass is 28.3. The van der Waals surface area contributed by atoms with Crippen molar-refractivity contribution in [3.63, 3.8) is 0 Å². The van der Waals surface area contributed by atoms with Crippen LogP contribution in [0.4, 0.5) is 0 Å². The van der Waals surface area contributed by atoms with Gasteiger partial charge in [0.1, 0.15) is 11.6 Å². The maximum Gasteiger partial charge on any atom is 0.144 e. The average Bonchev–Trinajstić information content (AvgIpc) is 3.15. The standard InChI is InChI=1S/C29H29N3OSi/c1-19-12-13-24(27(33)16-19)29-31-28-23(10-7-11-26(28)32(29)2)20-8-6-9-21(17-20)25-18-22(14-15-30-25)34(3,4)5/h6-18,33H,1-5H3. The molecule has 0 aliphatic heterocycles. The molecule has 0 amide bonds. The zero-order chi connectivity index (χ0) is 24.0. The van der Waals surface area contributed by atoms with Gasteiger partial charge in [0.05, 0.1) is 30.4 Å². The Hall–Kier alpha value is -3.70. The molecule has 0 bridgehead atoms. The third kappa shape index (κ3) is 3.92. The molecule has 0 unspecified atom stereocenters. The second-order valence-electron chi connectivity index (χ2n) is 9.95. The van der Waals surface area contributed by atoms with Crippen LogP contribution in [0.3, 0.4) is 0 Å². The van der Waals surface area contributed by atoms with E-state index < -0.39 is 8.07 Å². The van der Waals surface area contributed by atoms with Gasteiger partial charge in [-0.3, -0.25) is 4.98 Å². The van der Waals surface area contributed by atoms with Gasteiger partial charge in [0.15, 0.2) is 0 Å².